The highest BCUT2D eigenvalue weighted by atomic mass is 16.5. The SMILES string of the molecule is CCC(=O)Oc1ccc([C@@H](CC)[C@@H](CC)c2ccc(OC(=O)CC)cc2)cc1. The monoisotopic (exact) mass is 382 g/mol. The Labute approximate surface area is 167 Å². The minimum absolute atomic E-state index is 0.227. The van der Waals surface area contributed by atoms with Crippen molar-refractivity contribution in [1.29, 1.82) is 0 Å². The molecule has 0 bridgehead atoms. The molecule has 150 valence electrons. The second-order valence-electron chi connectivity index (χ2n) is 6.82. The van der Waals surface area contributed by atoms with Gasteiger partial charge in [0, 0.05) is 12.8 Å². The van der Waals surface area contributed by atoms with Gasteiger partial charge in [-0.15, -0.1) is 0 Å². The maximum absolute atomic E-state index is 11.5. The lowest BCUT2D eigenvalue weighted by Gasteiger charge is -2.26. The van der Waals surface area contributed by atoms with E-state index in [1.54, 1.807) is 13.8 Å². The number of rotatable bonds is 9. The number of hydrogen-bond donors (Lipinski definition) is 0. The zero-order valence-corrected chi connectivity index (χ0v) is 17.2. The minimum atomic E-state index is -0.227. The highest BCUT2D eigenvalue weighted by Crippen LogP contribution is 2.38. The largest absolute Gasteiger partial charge is 0.427 e. The standard InChI is InChI=1S/C24H30O4/c1-5-21(17-9-13-19(14-10-17)27-23(25)7-3)22(6-2)18-11-15-20(16-12-18)28-24(26)8-4/h9-16,21-22H,5-8H2,1-4H3/t21-,22+. The summed E-state index contributed by atoms with van der Waals surface area (Å²) in [5.41, 5.74) is 2.46. The van der Waals surface area contributed by atoms with Gasteiger partial charge < -0.3 is 9.47 Å². The first-order chi connectivity index (χ1) is 13.5. The average Bonchev–Trinajstić information content (AvgIpc) is 2.73. The summed E-state index contributed by atoms with van der Waals surface area (Å²) >= 11 is 0. The molecule has 28 heavy (non-hydrogen) atoms. The predicted molar refractivity (Wildman–Crippen MR) is 111 cm³/mol. The summed E-state index contributed by atoms with van der Waals surface area (Å²) in [6, 6.07) is 15.7. The van der Waals surface area contributed by atoms with E-state index in [4.69, 9.17) is 9.47 Å². The third-order valence-electron chi connectivity index (χ3n) is 5.02. The van der Waals surface area contributed by atoms with Crippen molar-refractivity contribution in [2.24, 2.45) is 0 Å². The van der Waals surface area contributed by atoms with Crippen LogP contribution < -0.4 is 9.47 Å². The molecule has 0 radical (unpaired) electrons. The molecule has 0 fully saturated rings. The minimum Gasteiger partial charge on any atom is -0.427 e. The quantitative estimate of drug-likeness (QED) is 0.394. The number of benzene rings is 2. The molecule has 0 unspecified atom stereocenters. The Kier molecular flexibility index (Phi) is 8.24. The van der Waals surface area contributed by atoms with Gasteiger partial charge in [0.2, 0.25) is 0 Å². The van der Waals surface area contributed by atoms with Gasteiger partial charge in [0.25, 0.3) is 0 Å². The summed E-state index contributed by atoms with van der Waals surface area (Å²) in [7, 11) is 0. The van der Waals surface area contributed by atoms with E-state index in [2.05, 4.69) is 13.8 Å². The molecule has 0 N–H and O–H groups in total. The Balaban J connectivity index is 2.18. The van der Waals surface area contributed by atoms with E-state index in [-0.39, 0.29) is 11.9 Å². The first kappa shape index (κ1) is 21.7. The molecule has 0 saturated heterocycles. The Bertz CT molecular complexity index is 695. The average molecular weight is 383 g/mol. The molecule has 0 saturated carbocycles. The lowest BCUT2D eigenvalue weighted by atomic mass is 9.78. The van der Waals surface area contributed by atoms with Crippen LogP contribution in [0.25, 0.3) is 0 Å². The van der Waals surface area contributed by atoms with Gasteiger partial charge in [-0.05, 0) is 60.1 Å². The first-order valence-corrected chi connectivity index (χ1v) is 10.1. The number of carbonyl (C=O) groups is 2. The molecule has 0 heterocycles. The van der Waals surface area contributed by atoms with Crippen LogP contribution in [0.2, 0.25) is 0 Å². The Hall–Kier alpha value is -2.62. The van der Waals surface area contributed by atoms with Gasteiger partial charge in [-0.2, -0.15) is 0 Å². The highest BCUT2D eigenvalue weighted by molar-refractivity contribution is 5.72. The van der Waals surface area contributed by atoms with Gasteiger partial charge in [0.15, 0.2) is 0 Å². The van der Waals surface area contributed by atoms with Crippen LogP contribution in [0.3, 0.4) is 0 Å². The van der Waals surface area contributed by atoms with Crippen LogP contribution in [0, 0.1) is 0 Å². The molecule has 4 heteroatoms. The Morgan fingerprint density at radius 1 is 0.643 bits per heavy atom. The summed E-state index contributed by atoms with van der Waals surface area (Å²) in [6.07, 6.45) is 2.72. The van der Waals surface area contributed by atoms with Gasteiger partial charge >= 0.3 is 11.9 Å². The van der Waals surface area contributed by atoms with Crippen LogP contribution in [0.4, 0.5) is 0 Å². The molecule has 0 aliphatic rings. The fourth-order valence-electron chi connectivity index (χ4n) is 3.48. The molecule has 4 nitrogen and oxygen atoms in total. The molecular formula is C24H30O4. The van der Waals surface area contributed by atoms with Crippen LogP contribution in [-0.2, 0) is 9.59 Å². The summed E-state index contributed by atoms with van der Waals surface area (Å²) in [5.74, 6) is 1.42. The molecule has 0 spiro atoms. The van der Waals surface area contributed by atoms with E-state index < -0.39 is 0 Å². The van der Waals surface area contributed by atoms with E-state index >= 15 is 0 Å². The molecule has 2 rings (SSSR count). The molecule has 2 aromatic rings. The number of hydrogen-bond acceptors (Lipinski definition) is 4. The van der Waals surface area contributed by atoms with E-state index in [1.807, 2.05) is 48.5 Å². The second-order valence-corrected chi connectivity index (χ2v) is 6.82. The van der Waals surface area contributed by atoms with Crippen molar-refractivity contribution < 1.29 is 19.1 Å². The lowest BCUT2D eigenvalue weighted by Crippen LogP contribution is -2.11. The third kappa shape index (κ3) is 5.69. The smallest absolute Gasteiger partial charge is 0.310 e. The van der Waals surface area contributed by atoms with Crippen molar-refractivity contribution in [3.05, 3.63) is 59.7 Å². The van der Waals surface area contributed by atoms with E-state index in [9.17, 15) is 9.59 Å². The second kappa shape index (κ2) is 10.6. The lowest BCUT2D eigenvalue weighted by molar-refractivity contribution is -0.134. The molecule has 0 aromatic heterocycles. The van der Waals surface area contributed by atoms with Crippen molar-refractivity contribution in [2.45, 2.75) is 65.2 Å². The van der Waals surface area contributed by atoms with Crippen LogP contribution in [0.5, 0.6) is 11.5 Å². The zero-order valence-electron chi connectivity index (χ0n) is 17.2. The van der Waals surface area contributed by atoms with Crippen LogP contribution in [-0.4, -0.2) is 11.9 Å². The number of esters is 2. The van der Waals surface area contributed by atoms with Gasteiger partial charge in [-0.1, -0.05) is 52.0 Å². The fourth-order valence-corrected chi connectivity index (χ4v) is 3.48. The normalized spacial score (nSPS) is 12.9. The molecule has 0 aliphatic heterocycles. The maximum atomic E-state index is 11.5. The summed E-state index contributed by atoms with van der Waals surface area (Å²) in [6.45, 7) is 7.94. The summed E-state index contributed by atoms with van der Waals surface area (Å²) in [5, 5.41) is 0. The van der Waals surface area contributed by atoms with Crippen molar-refractivity contribution in [3.8, 4) is 11.5 Å². The molecule has 0 aliphatic carbocycles. The summed E-state index contributed by atoms with van der Waals surface area (Å²) < 4.78 is 10.6. The molecule has 2 atom stereocenters. The van der Waals surface area contributed by atoms with E-state index in [0.717, 1.165) is 12.8 Å². The van der Waals surface area contributed by atoms with Crippen LogP contribution >= 0.6 is 0 Å². The van der Waals surface area contributed by atoms with Gasteiger partial charge in [-0.25, -0.2) is 0 Å². The first-order valence-electron chi connectivity index (χ1n) is 10.1. The number of ether oxygens (including phenoxy) is 2. The highest BCUT2D eigenvalue weighted by Gasteiger charge is 2.22. The van der Waals surface area contributed by atoms with Gasteiger partial charge in [0.05, 0.1) is 0 Å². The van der Waals surface area contributed by atoms with Gasteiger partial charge in [-0.3, -0.25) is 9.59 Å². The maximum Gasteiger partial charge on any atom is 0.310 e. The number of carbonyl (C=O) groups excluding carboxylic acids is 2. The molecule has 2 aromatic carbocycles. The van der Waals surface area contributed by atoms with Crippen molar-refractivity contribution >= 4 is 11.9 Å². The van der Waals surface area contributed by atoms with Crippen LogP contribution in [0.15, 0.2) is 48.5 Å². The predicted octanol–water partition coefficient (Wildman–Crippen LogP) is 6.00. The third-order valence-corrected chi connectivity index (χ3v) is 5.02. The fraction of sp³-hybridized carbons (Fsp3) is 0.417. The molecule has 0 amide bonds. The van der Waals surface area contributed by atoms with Crippen molar-refractivity contribution in [2.75, 3.05) is 0 Å². The summed E-state index contributed by atoms with van der Waals surface area (Å²) in [4.78, 5) is 22.9. The van der Waals surface area contributed by atoms with Crippen molar-refractivity contribution in [3.63, 3.8) is 0 Å². The van der Waals surface area contributed by atoms with Crippen molar-refractivity contribution in [1.82, 2.24) is 0 Å². The zero-order chi connectivity index (χ0) is 20.5. The van der Waals surface area contributed by atoms with Crippen LogP contribution in [0.1, 0.15) is 76.3 Å². The topological polar surface area (TPSA) is 52.6 Å². The van der Waals surface area contributed by atoms with E-state index in [1.165, 1.54) is 11.1 Å². The Morgan fingerprint density at radius 3 is 1.21 bits per heavy atom. The van der Waals surface area contributed by atoms with E-state index in [0.29, 0.717) is 36.2 Å². The molecular weight excluding hydrogens is 352 g/mol. The van der Waals surface area contributed by atoms with Gasteiger partial charge in [0.1, 0.15) is 11.5 Å². The Morgan fingerprint density at radius 2 is 0.964 bits per heavy atom.